The van der Waals surface area contributed by atoms with Crippen molar-refractivity contribution >= 4 is 33.8 Å². The molecule has 1 aromatic heterocycles. The molecule has 0 saturated carbocycles. The molecule has 1 aromatic carbocycles. The number of halogens is 1. The number of aryl methyl sites for hydroxylation is 1. The molecule has 2 atom stereocenters. The van der Waals surface area contributed by atoms with Gasteiger partial charge in [-0.15, -0.1) is 23.7 Å². The first-order valence-electron chi connectivity index (χ1n) is 7.65. The van der Waals surface area contributed by atoms with Crippen LogP contribution in [-0.2, 0) is 10.0 Å². The van der Waals surface area contributed by atoms with Crippen molar-refractivity contribution in [1.29, 1.82) is 0 Å². The maximum Gasteiger partial charge on any atom is 0.243 e. The van der Waals surface area contributed by atoms with E-state index in [1.165, 1.54) is 11.3 Å². The molecule has 24 heavy (non-hydrogen) atoms. The Labute approximate surface area is 153 Å². The Hall–Kier alpha value is -0.990. The van der Waals surface area contributed by atoms with Gasteiger partial charge in [0.15, 0.2) is 0 Å². The topological polar surface area (TPSA) is 62.3 Å². The van der Waals surface area contributed by atoms with E-state index in [9.17, 15) is 8.42 Å². The molecule has 5 nitrogen and oxygen atoms in total. The second-order valence-corrected chi connectivity index (χ2v) is 8.80. The highest BCUT2D eigenvalue weighted by atomic mass is 35.5. The third-order valence-corrected chi connectivity index (χ3v) is 7.00. The third kappa shape index (κ3) is 3.81. The first kappa shape index (κ1) is 19.3. The van der Waals surface area contributed by atoms with E-state index >= 15 is 0 Å². The number of hydrogen-bond donors (Lipinski definition) is 1. The number of nitrogens with zero attached hydrogens (tertiary/aromatic N) is 2. The second kappa shape index (κ2) is 7.49. The Morgan fingerprint density at radius 3 is 2.75 bits per heavy atom. The van der Waals surface area contributed by atoms with Crippen molar-refractivity contribution in [1.82, 2.24) is 14.6 Å². The van der Waals surface area contributed by atoms with Crippen molar-refractivity contribution in [2.24, 2.45) is 0 Å². The van der Waals surface area contributed by atoms with Gasteiger partial charge in [-0.1, -0.05) is 12.1 Å². The van der Waals surface area contributed by atoms with Gasteiger partial charge < -0.3 is 5.32 Å². The molecule has 1 aliphatic rings. The Morgan fingerprint density at radius 1 is 1.33 bits per heavy atom. The van der Waals surface area contributed by atoms with Crippen LogP contribution in [0.3, 0.4) is 0 Å². The van der Waals surface area contributed by atoms with Crippen molar-refractivity contribution in [3.63, 3.8) is 0 Å². The highest BCUT2D eigenvalue weighted by molar-refractivity contribution is 7.89. The minimum Gasteiger partial charge on any atom is -0.311 e. The van der Waals surface area contributed by atoms with E-state index in [4.69, 9.17) is 0 Å². The van der Waals surface area contributed by atoms with Crippen LogP contribution in [0.2, 0.25) is 0 Å². The second-order valence-electron chi connectivity index (χ2n) is 6.05. The quantitative estimate of drug-likeness (QED) is 0.879. The van der Waals surface area contributed by atoms with Gasteiger partial charge in [-0.2, -0.15) is 4.31 Å². The van der Waals surface area contributed by atoms with Gasteiger partial charge in [-0.3, -0.25) is 0 Å². The monoisotopic (exact) mass is 387 g/mol. The van der Waals surface area contributed by atoms with Crippen molar-refractivity contribution in [2.75, 3.05) is 13.1 Å². The summed E-state index contributed by atoms with van der Waals surface area (Å²) in [5.74, 6) is 0. The molecule has 3 rings (SSSR count). The summed E-state index contributed by atoms with van der Waals surface area (Å²) >= 11 is 1.53. The molecule has 1 N–H and O–H groups in total. The van der Waals surface area contributed by atoms with Gasteiger partial charge in [0.2, 0.25) is 10.0 Å². The first-order chi connectivity index (χ1) is 10.9. The van der Waals surface area contributed by atoms with Crippen LogP contribution < -0.4 is 5.32 Å². The zero-order valence-corrected chi connectivity index (χ0v) is 16.3. The zero-order valence-electron chi connectivity index (χ0n) is 13.9. The molecule has 2 unspecified atom stereocenters. The maximum absolute atomic E-state index is 13.0. The molecule has 2 aromatic rings. The summed E-state index contributed by atoms with van der Waals surface area (Å²) in [4.78, 5) is 4.78. The summed E-state index contributed by atoms with van der Waals surface area (Å²) in [5.41, 5.74) is 1.79. The van der Waals surface area contributed by atoms with Gasteiger partial charge in [0.05, 0.1) is 4.90 Å². The third-order valence-electron chi connectivity index (χ3n) is 4.01. The summed E-state index contributed by atoms with van der Waals surface area (Å²) in [6.45, 7) is 7.04. The molecule has 132 valence electrons. The molecule has 0 aliphatic carbocycles. The molecule has 8 heteroatoms. The lowest BCUT2D eigenvalue weighted by Crippen LogP contribution is -2.56. The number of benzene rings is 1. The van der Waals surface area contributed by atoms with Crippen LogP contribution in [0.25, 0.3) is 10.6 Å². The zero-order chi connectivity index (χ0) is 16.6. The highest BCUT2D eigenvalue weighted by Gasteiger charge is 2.33. The summed E-state index contributed by atoms with van der Waals surface area (Å²) < 4.78 is 27.6. The van der Waals surface area contributed by atoms with Crippen molar-refractivity contribution in [3.05, 3.63) is 35.3 Å². The fraction of sp³-hybridized carbons (Fsp3) is 0.438. The standard InChI is InChI=1S/C16H21N3O2S2.ClH/c1-11-9-19(13(3)8-17-11)23(20,21)15-6-4-5-14(7-15)16-18-12(2)10-22-16;/h4-7,10-11,13,17H,8-9H2,1-3H3;1H. The molecule has 0 bridgehead atoms. The van der Waals surface area contributed by atoms with Crippen molar-refractivity contribution in [3.8, 4) is 10.6 Å². The lowest BCUT2D eigenvalue weighted by molar-refractivity contribution is 0.244. The number of sulfonamides is 1. The molecule has 1 aliphatic heterocycles. The average molecular weight is 388 g/mol. The normalized spacial score (nSPS) is 22.1. The highest BCUT2D eigenvalue weighted by Crippen LogP contribution is 2.28. The van der Waals surface area contributed by atoms with Crippen LogP contribution in [0.1, 0.15) is 19.5 Å². The van der Waals surface area contributed by atoms with E-state index in [1.807, 2.05) is 32.2 Å². The van der Waals surface area contributed by atoms with Crippen molar-refractivity contribution < 1.29 is 8.42 Å². The Morgan fingerprint density at radius 2 is 2.08 bits per heavy atom. The molecule has 1 saturated heterocycles. The van der Waals surface area contributed by atoms with Crippen molar-refractivity contribution in [2.45, 2.75) is 37.8 Å². The molecule has 2 heterocycles. The molecule has 1 fully saturated rings. The van der Waals surface area contributed by atoms with Crippen LogP contribution in [0.5, 0.6) is 0 Å². The van der Waals surface area contributed by atoms with Crippen LogP contribution in [-0.4, -0.2) is 42.9 Å². The van der Waals surface area contributed by atoms with Gasteiger partial charge in [0.1, 0.15) is 5.01 Å². The number of hydrogen-bond acceptors (Lipinski definition) is 5. The van der Waals surface area contributed by atoms with Crippen LogP contribution in [0.15, 0.2) is 34.5 Å². The fourth-order valence-electron chi connectivity index (χ4n) is 2.73. The van der Waals surface area contributed by atoms with Crippen LogP contribution in [0, 0.1) is 6.92 Å². The number of thiazole rings is 1. The van der Waals surface area contributed by atoms with E-state index in [0.29, 0.717) is 18.0 Å². The maximum atomic E-state index is 13.0. The molecular weight excluding hydrogens is 366 g/mol. The number of rotatable bonds is 3. The Kier molecular flexibility index (Phi) is 6.04. The first-order valence-corrected chi connectivity index (χ1v) is 9.97. The largest absolute Gasteiger partial charge is 0.311 e. The molecule has 0 radical (unpaired) electrons. The van der Waals surface area contributed by atoms with Gasteiger partial charge in [-0.05, 0) is 32.9 Å². The SMILES string of the molecule is Cc1csc(-c2cccc(S(=O)(=O)N3CC(C)NCC3C)c2)n1.Cl. The number of aromatic nitrogens is 1. The summed E-state index contributed by atoms with van der Waals surface area (Å²) in [6, 6.07) is 7.19. The minimum atomic E-state index is -3.50. The lowest BCUT2D eigenvalue weighted by Gasteiger charge is -2.36. The summed E-state index contributed by atoms with van der Waals surface area (Å²) in [6.07, 6.45) is 0. The number of piperazine rings is 1. The van der Waals surface area contributed by atoms with Gasteiger partial charge in [0.25, 0.3) is 0 Å². The van der Waals surface area contributed by atoms with Crippen LogP contribution in [0.4, 0.5) is 0 Å². The fourth-order valence-corrected chi connectivity index (χ4v) is 5.29. The summed E-state index contributed by atoms with van der Waals surface area (Å²) in [7, 11) is -3.50. The lowest BCUT2D eigenvalue weighted by atomic mass is 10.2. The van der Waals surface area contributed by atoms with Gasteiger partial charge >= 0.3 is 0 Å². The minimum absolute atomic E-state index is 0. The van der Waals surface area contributed by atoms with E-state index in [2.05, 4.69) is 10.3 Å². The average Bonchev–Trinajstić information content (AvgIpc) is 2.96. The smallest absolute Gasteiger partial charge is 0.243 e. The Balaban J connectivity index is 0.00000208. The predicted molar refractivity (Wildman–Crippen MR) is 100 cm³/mol. The van der Waals surface area contributed by atoms with E-state index < -0.39 is 10.0 Å². The van der Waals surface area contributed by atoms with E-state index in [1.54, 1.807) is 22.5 Å². The number of nitrogens with one attached hydrogen (secondary N) is 1. The molecular formula is C16H22ClN3O2S2. The van der Waals surface area contributed by atoms with Crippen LogP contribution >= 0.6 is 23.7 Å². The van der Waals surface area contributed by atoms with E-state index in [-0.39, 0.29) is 24.5 Å². The molecule has 0 spiro atoms. The van der Waals surface area contributed by atoms with Gasteiger partial charge in [-0.25, -0.2) is 13.4 Å². The summed E-state index contributed by atoms with van der Waals surface area (Å²) in [5, 5.41) is 6.13. The van der Waals surface area contributed by atoms with E-state index in [0.717, 1.165) is 16.3 Å². The predicted octanol–water partition coefficient (Wildman–Crippen LogP) is 2.91. The molecule has 0 amide bonds. The van der Waals surface area contributed by atoms with Gasteiger partial charge in [0, 0.05) is 41.8 Å². The Bertz CT molecular complexity index is 807.